The van der Waals surface area contributed by atoms with Crippen LogP contribution in [-0.4, -0.2) is 48.5 Å². The molecule has 0 bridgehead atoms. The first kappa shape index (κ1) is 14.5. The van der Waals surface area contributed by atoms with Crippen LogP contribution in [0.1, 0.15) is 24.0 Å². The molecule has 0 atom stereocenters. The van der Waals surface area contributed by atoms with E-state index in [1.54, 1.807) is 0 Å². The first-order chi connectivity index (χ1) is 9.65. The van der Waals surface area contributed by atoms with Crippen LogP contribution in [0.15, 0.2) is 22.7 Å². The molecule has 1 heterocycles. The fourth-order valence-electron chi connectivity index (χ4n) is 2.71. The molecule has 0 spiro atoms. The first-order valence-corrected chi connectivity index (χ1v) is 8.24. The van der Waals surface area contributed by atoms with Crippen molar-refractivity contribution in [3.8, 4) is 0 Å². The van der Waals surface area contributed by atoms with Crippen LogP contribution < -0.4 is 0 Å². The van der Waals surface area contributed by atoms with Crippen molar-refractivity contribution in [3.05, 3.63) is 33.8 Å². The Morgan fingerprint density at radius 2 is 2.00 bits per heavy atom. The van der Waals surface area contributed by atoms with Crippen molar-refractivity contribution in [1.29, 1.82) is 0 Å². The maximum Gasteiger partial charge on any atom is 0.0690 e. The van der Waals surface area contributed by atoms with Crippen LogP contribution in [0, 0.1) is 0 Å². The zero-order chi connectivity index (χ0) is 14.0. The summed E-state index contributed by atoms with van der Waals surface area (Å²) in [5.74, 6) is 0. The summed E-state index contributed by atoms with van der Waals surface area (Å²) < 4.78 is 6.54. The quantitative estimate of drug-likeness (QED) is 0.893. The lowest BCUT2D eigenvalue weighted by Crippen LogP contribution is -2.37. The van der Waals surface area contributed by atoms with Gasteiger partial charge in [-0.3, -0.25) is 4.90 Å². The highest BCUT2D eigenvalue weighted by atomic mass is 79.9. The Labute approximate surface area is 129 Å². The van der Waals surface area contributed by atoms with Crippen molar-refractivity contribution in [2.75, 3.05) is 32.8 Å². The zero-order valence-corrected chi connectivity index (χ0v) is 13.4. The number of benzene rings is 1. The fraction of sp³-hybridized carbons (Fsp3) is 0.625. The van der Waals surface area contributed by atoms with Gasteiger partial charge in [0.05, 0.1) is 18.8 Å². The fourth-order valence-corrected chi connectivity index (χ4v) is 3.33. The Morgan fingerprint density at radius 3 is 2.65 bits per heavy atom. The van der Waals surface area contributed by atoms with Crippen LogP contribution in [0.25, 0.3) is 0 Å². The largest absolute Gasteiger partial charge is 0.390 e. The molecule has 20 heavy (non-hydrogen) atoms. The highest BCUT2D eigenvalue weighted by Gasteiger charge is 2.40. The van der Waals surface area contributed by atoms with Crippen molar-refractivity contribution in [1.82, 2.24) is 4.90 Å². The van der Waals surface area contributed by atoms with E-state index in [9.17, 15) is 5.11 Å². The minimum atomic E-state index is -0.408. The maximum atomic E-state index is 9.98. The summed E-state index contributed by atoms with van der Waals surface area (Å²) in [4.78, 5) is 2.46. The third-order valence-electron chi connectivity index (χ3n) is 4.28. The molecule has 0 amide bonds. The molecule has 1 aliphatic heterocycles. The Morgan fingerprint density at radius 1 is 1.25 bits per heavy atom. The molecule has 1 N–H and O–H groups in total. The predicted molar refractivity (Wildman–Crippen MR) is 83.0 cm³/mol. The molecule has 1 saturated carbocycles. The molecule has 0 unspecified atom stereocenters. The zero-order valence-electron chi connectivity index (χ0n) is 11.8. The summed E-state index contributed by atoms with van der Waals surface area (Å²) in [5, 5.41) is 9.98. The number of rotatable bonds is 5. The molecular formula is C16H22BrNO2. The molecule has 3 rings (SSSR count). The van der Waals surface area contributed by atoms with E-state index in [2.05, 4.69) is 39.0 Å². The van der Waals surface area contributed by atoms with Gasteiger partial charge in [-0.2, -0.15) is 0 Å². The number of halogens is 1. The summed E-state index contributed by atoms with van der Waals surface area (Å²) in [7, 11) is 0. The smallest absolute Gasteiger partial charge is 0.0690 e. The summed E-state index contributed by atoms with van der Waals surface area (Å²) in [5.41, 5.74) is 2.17. The van der Waals surface area contributed by atoms with Gasteiger partial charge in [-0.15, -0.1) is 0 Å². The van der Waals surface area contributed by atoms with Crippen LogP contribution in [0.2, 0.25) is 0 Å². The van der Waals surface area contributed by atoms with Gasteiger partial charge in [0.2, 0.25) is 0 Å². The van der Waals surface area contributed by atoms with Crippen molar-refractivity contribution in [2.45, 2.75) is 31.3 Å². The molecule has 2 fully saturated rings. The lowest BCUT2D eigenvalue weighted by Gasteiger charge is -2.26. The summed E-state index contributed by atoms with van der Waals surface area (Å²) in [6.45, 7) is 4.90. The van der Waals surface area contributed by atoms with Crippen LogP contribution >= 0.6 is 15.9 Å². The van der Waals surface area contributed by atoms with E-state index >= 15 is 0 Å². The minimum Gasteiger partial charge on any atom is -0.390 e. The Hall–Kier alpha value is -0.420. The van der Waals surface area contributed by atoms with Gasteiger partial charge in [-0.1, -0.05) is 28.1 Å². The third kappa shape index (κ3) is 3.82. The second-order valence-electron chi connectivity index (χ2n) is 6.03. The van der Waals surface area contributed by atoms with Gasteiger partial charge in [-0.05, 0) is 36.5 Å². The molecule has 1 aliphatic carbocycles. The van der Waals surface area contributed by atoms with Crippen LogP contribution in [-0.2, 0) is 17.6 Å². The van der Waals surface area contributed by atoms with E-state index in [4.69, 9.17) is 4.74 Å². The third-order valence-corrected chi connectivity index (χ3v) is 5.02. The standard InChI is InChI=1S/C16H22BrNO2/c17-15-11-13(12-16(19)4-5-16)1-2-14(15)3-6-18-7-9-20-10-8-18/h1-2,11,19H,3-10,12H2. The van der Waals surface area contributed by atoms with Gasteiger partial charge < -0.3 is 9.84 Å². The molecule has 110 valence electrons. The number of ether oxygens (including phenoxy) is 1. The minimum absolute atomic E-state index is 0.408. The van der Waals surface area contributed by atoms with Gasteiger partial charge in [0.1, 0.15) is 0 Å². The van der Waals surface area contributed by atoms with Gasteiger partial charge in [0.15, 0.2) is 0 Å². The summed E-state index contributed by atoms with van der Waals surface area (Å²) >= 11 is 3.68. The summed E-state index contributed by atoms with van der Waals surface area (Å²) in [6, 6.07) is 6.53. The van der Waals surface area contributed by atoms with E-state index < -0.39 is 5.60 Å². The molecule has 1 aromatic carbocycles. The second-order valence-corrected chi connectivity index (χ2v) is 6.89. The molecular weight excluding hydrogens is 318 g/mol. The Balaban J connectivity index is 1.56. The lowest BCUT2D eigenvalue weighted by atomic mass is 10.0. The SMILES string of the molecule is OC1(Cc2ccc(CCN3CCOCC3)c(Br)c2)CC1. The van der Waals surface area contributed by atoms with E-state index in [1.165, 1.54) is 15.6 Å². The Kier molecular flexibility index (Phi) is 4.46. The molecule has 2 aliphatic rings. The number of aliphatic hydroxyl groups is 1. The predicted octanol–water partition coefficient (Wildman–Crippen LogP) is 2.39. The number of hydrogen-bond acceptors (Lipinski definition) is 3. The van der Waals surface area contributed by atoms with E-state index in [0.29, 0.717) is 0 Å². The molecule has 0 aromatic heterocycles. The van der Waals surface area contributed by atoms with Crippen LogP contribution in [0.3, 0.4) is 0 Å². The number of morpholine rings is 1. The highest BCUT2D eigenvalue weighted by Crippen LogP contribution is 2.38. The molecule has 0 radical (unpaired) electrons. The van der Waals surface area contributed by atoms with Gasteiger partial charge in [0.25, 0.3) is 0 Å². The van der Waals surface area contributed by atoms with Gasteiger partial charge in [0, 0.05) is 30.5 Å². The average Bonchev–Trinajstić information content (AvgIpc) is 3.16. The van der Waals surface area contributed by atoms with Gasteiger partial charge >= 0.3 is 0 Å². The molecule has 1 aromatic rings. The normalized spacial score (nSPS) is 21.9. The average molecular weight is 340 g/mol. The number of hydrogen-bond donors (Lipinski definition) is 1. The molecule has 3 nitrogen and oxygen atoms in total. The first-order valence-electron chi connectivity index (χ1n) is 7.44. The summed E-state index contributed by atoms with van der Waals surface area (Å²) in [6.07, 6.45) is 3.74. The van der Waals surface area contributed by atoms with Crippen LogP contribution in [0.5, 0.6) is 0 Å². The van der Waals surface area contributed by atoms with Crippen molar-refractivity contribution in [2.24, 2.45) is 0 Å². The second kappa shape index (κ2) is 6.14. The number of nitrogens with zero attached hydrogens (tertiary/aromatic N) is 1. The van der Waals surface area contributed by atoms with Gasteiger partial charge in [-0.25, -0.2) is 0 Å². The topological polar surface area (TPSA) is 32.7 Å². The maximum absolute atomic E-state index is 9.98. The van der Waals surface area contributed by atoms with Crippen LogP contribution in [0.4, 0.5) is 0 Å². The lowest BCUT2D eigenvalue weighted by molar-refractivity contribution is 0.0384. The highest BCUT2D eigenvalue weighted by molar-refractivity contribution is 9.10. The monoisotopic (exact) mass is 339 g/mol. The molecule has 4 heteroatoms. The van der Waals surface area contributed by atoms with E-state index in [1.807, 2.05) is 0 Å². The van der Waals surface area contributed by atoms with E-state index in [0.717, 1.165) is 58.5 Å². The molecule has 1 saturated heterocycles. The van der Waals surface area contributed by atoms with Crippen molar-refractivity contribution in [3.63, 3.8) is 0 Å². The Bertz CT molecular complexity index is 468. The van der Waals surface area contributed by atoms with Crippen molar-refractivity contribution < 1.29 is 9.84 Å². The van der Waals surface area contributed by atoms with Crippen molar-refractivity contribution >= 4 is 15.9 Å². The van der Waals surface area contributed by atoms with E-state index in [-0.39, 0.29) is 0 Å².